The summed E-state index contributed by atoms with van der Waals surface area (Å²) in [6.45, 7) is 6.34. The number of nitrogens with one attached hydrogen (secondary N) is 1. The minimum absolute atomic E-state index is 0.00400. The molecule has 4 atom stereocenters. The molecule has 2 N–H and O–H groups in total. The second-order valence-corrected chi connectivity index (χ2v) is 14.2. The van der Waals surface area contributed by atoms with E-state index in [2.05, 4.69) is 22.6 Å². The van der Waals surface area contributed by atoms with E-state index in [0.29, 0.717) is 24.9 Å². The van der Waals surface area contributed by atoms with Crippen molar-refractivity contribution in [3.8, 4) is 0 Å². The summed E-state index contributed by atoms with van der Waals surface area (Å²) in [6.07, 6.45) is 4.49. The Morgan fingerprint density at radius 3 is 2.49 bits per heavy atom. The molecule has 0 aliphatic carbocycles. The van der Waals surface area contributed by atoms with Crippen molar-refractivity contribution >= 4 is 20.0 Å². The van der Waals surface area contributed by atoms with E-state index >= 15 is 4.11 Å². The molecule has 3 aromatic rings. The van der Waals surface area contributed by atoms with Crippen molar-refractivity contribution in [1.82, 2.24) is 15.0 Å². The Bertz CT molecular complexity index is 1150. The van der Waals surface area contributed by atoms with Gasteiger partial charge in [-0.15, -0.1) is 5.10 Å². The molecule has 1 amide bonds. The summed E-state index contributed by atoms with van der Waals surface area (Å²) in [5.74, 6) is 0.00827. The molecule has 37 heavy (non-hydrogen) atoms. The van der Waals surface area contributed by atoms with Gasteiger partial charge in [-0.25, -0.2) is 0 Å². The highest BCUT2D eigenvalue weighted by Crippen LogP contribution is 2.47. The van der Waals surface area contributed by atoms with Gasteiger partial charge in [0, 0.05) is 42.6 Å². The summed E-state index contributed by atoms with van der Waals surface area (Å²) in [6, 6.07) is 17.0. The smallest absolute Gasteiger partial charge is 0.255 e. The number of anilines is 1. The summed E-state index contributed by atoms with van der Waals surface area (Å²) in [5, 5.41) is 20.2. The highest BCUT2D eigenvalue weighted by Gasteiger charge is 2.50. The topological polar surface area (TPSA) is 89.3 Å². The van der Waals surface area contributed by atoms with E-state index in [1.54, 1.807) is 29.9 Å². The lowest BCUT2D eigenvalue weighted by molar-refractivity contribution is 0.0247. The van der Waals surface area contributed by atoms with E-state index < -0.39 is 8.41 Å². The predicted octanol–water partition coefficient (Wildman–Crippen LogP) is 5.04. The van der Waals surface area contributed by atoms with Crippen LogP contribution in [0.2, 0.25) is 18.6 Å². The average molecular weight is 525 g/mol. The number of carbonyl (C=O) groups is 1. The van der Waals surface area contributed by atoms with Crippen molar-refractivity contribution in [1.29, 1.82) is 0 Å². The van der Waals surface area contributed by atoms with Crippen LogP contribution in [0.15, 0.2) is 60.8 Å². The number of aromatic nitrogens is 3. The van der Waals surface area contributed by atoms with Gasteiger partial charge in [-0.1, -0.05) is 42.5 Å². The zero-order valence-electron chi connectivity index (χ0n) is 21.8. The molecular formula is C28H37FN4O3Si. The van der Waals surface area contributed by atoms with Crippen LogP contribution in [-0.4, -0.2) is 53.2 Å². The predicted molar refractivity (Wildman–Crippen MR) is 145 cm³/mol. The molecule has 1 aromatic heterocycles. The Morgan fingerprint density at radius 1 is 1.08 bits per heavy atom. The first-order valence-corrected chi connectivity index (χ1v) is 16.0. The third kappa shape index (κ3) is 7.12. The normalized spacial score (nSPS) is 21.8. The van der Waals surface area contributed by atoms with E-state index in [1.165, 1.54) is 0 Å². The first-order valence-electron chi connectivity index (χ1n) is 13.0. The Hall–Kier alpha value is -2.88. The monoisotopic (exact) mass is 524 g/mol. The Morgan fingerprint density at radius 2 is 1.81 bits per heavy atom. The number of aliphatic hydroxyl groups is 1. The van der Waals surface area contributed by atoms with Crippen LogP contribution in [0.3, 0.4) is 0 Å². The number of benzene rings is 2. The summed E-state index contributed by atoms with van der Waals surface area (Å²) < 4.78 is 23.6. The van der Waals surface area contributed by atoms with Gasteiger partial charge in [0.1, 0.15) is 0 Å². The molecule has 0 spiro atoms. The number of halogens is 1. The van der Waals surface area contributed by atoms with E-state index in [9.17, 15) is 4.79 Å². The minimum atomic E-state index is -2.94. The van der Waals surface area contributed by atoms with E-state index in [-0.39, 0.29) is 36.2 Å². The highest BCUT2D eigenvalue weighted by molar-refractivity contribution is 6.72. The molecule has 1 aliphatic rings. The van der Waals surface area contributed by atoms with Gasteiger partial charge in [-0.3, -0.25) is 9.48 Å². The molecule has 1 aliphatic heterocycles. The number of hydrogen-bond acceptors (Lipinski definition) is 5. The van der Waals surface area contributed by atoms with Crippen LogP contribution < -0.4 is 5.32 Å². The number of carbonyl (C=O) groups excluding carboxylic acids is 1. The van der Waals surface area contributed by atoms with Gasteiger partial charge < -0.3 is 19.3 Å². The molecule has 1 fully saturated rings. The largest absolute Gasteiger partial charge is 0.396 e. The standard InChI is InChI=1S/C28H37FN4O3Si/c1-20-25(14-11-21-9-12-23(13-10-21)30-28(35)22-7-5-4-6-8-22)36-26(27(20)37(2,3)29)15-17-33-19-24(16-18-34)31-32-33/h4-10,12-13,19-20,25-27,34H,11,14-18H2,1-3H3,(H,30,35)/t20-,25+,26-,27+/m1/s1. The number of ether oxygens (including phenoxy) is 1. The third-order valence-electron chi connectivity index (χ3n) is 7.26. The molecule has 0 radical (unpaired) electrons. The van der Waals surface area contributed by atoms with E-state index in [0.717, 1.165) is 29.8 Å². The van der Waals surface area contributed by atoms with Gasteiger partial charge in [0.15, 0.2) is 0 Å². The number of rotatable bonds is 11. The molecule has 9 heteroatoms. The highest BCUT2D eigenvalue weighted by atomic mass is 28.4. The first-order chi connectivity index (χ1) is 17.7. The minimum Gasteiger partial charge on any atom is -0.396 e. The maximum Gasteiger partial charge on any atom is 0.255 e. The van der Waals surface area contributed by atoms with Crippen molar-refractivity contribution in [3.63, 3.8) is 0 Å². The number of amides is 1. The molecule has 7 nitrogen and oxygen atoms in total. The maximum atomic E-state index is 15.4. The van der Waals surface area contributed by atoms with Crippen LogP contribution in [0.4, 0.5) is 9.80 Å². The lowest BCUT2D eigenvalue weighted by atomic mass is 9.95. The molecule has 198 valence electrons. The summed E-state index contributed by atoms with van der Waals surface area (Å²) in [4.78, 5) is 12.4. The lowest BCUT2D eigenvalue weighted by Gasteiger charge is -2.28. The van der Waals surface area contributed by atoms with Gasteiger partial charge in [-0.2, -0.15) is 0 Å². The Kier molecular flexibility index (Phi) is 8.89. The van der Waals surface area contributed by atoms with Crippen molar-refractivity contribution < 1.29 is 18.7 Å². The molecular weight excluding hydrogens is 487 g/mol. The van der Waals surface area contributed by atoms with Crippen LogP contribution in [-0.2, 0) is 24.1 Å². The van der Waals surface area contributed by atoms with Crippen LogP contribution >= 0.6 is 0 Å². The molecule has 2 aromatic carbocycles. The quantitative estimate of drug-likeness (QED) is 0.271. The Labute approximate surface area is 219 Å². The number of nitrogens with zero attached hydrogens (tertiary/aromatic N) is 3. The zero-order chi connectivity index (χ0) is 26.4. The fraction of sp³-hybridized carbons (Fsp3) is 0.464. The first kappa shape index (κ1) is 27.2. The van der Waals surface area contributed by atoms with E-state index in [4.69, 9.17) is 9.84 Å². The van der Waals surface area contributed by atoms with Gasteiger partial charge in [-0.05, 0) is 68.1 Å². The Balaban J connectivity index is 1.33. The number of aryl methyl sites for hydroxylation is 2. The SMILES string of the molecule is C[C@H]1[C@H]([Si](C)(C)F)[C@@H](CCn2cc(CCO)nn2)O[C@H]1CCc1ccc(NC(=O)c2ccccc2)cc1. The average Bonchev–Trinajstić information content (AvgIpc) is 3.46. The zero-order valence-corrected chi connectivity index (χ0v) is 22.8. The van der Waals surface area contributed by atoms with E-state index in [1.807, 2.05) is 48.7 Å². The second-order valence-electron chi connectivity index (χ2n) is 10.5. The van der Waals surface area contributed by atoms with Crippen LogP contribution in [0.5, 0.6) is 0 Å². The van der Waals surface area contributed by atoms with Gasteiger partial charge in [0.2, 0.25) is 8.41 Å². The molecule has 0 bridgehead atoms. The molecule has 0 saturated carbocycles. The van der Waals surface area contributed by atoms with Crippen LogP contribution in [0.25, 0.3) is 0 Å². The molecule has 2 heterocycles. The van der Waals surface area contributed by atoms with Crippen molar-refractivity contribution in [3.05, 3.63) is 77.6 Å². The number of hydrogen-bond donors (Lipinski definition) is 2. The summed E-state index contributed by atoms with van der Waals surface area (Å²) in [7, 11) is -2.94. The van der Waals surface area contributed by atoms with Gasteiger partial charge in [0.05, 0.1) is 17.9 Å². The summed E-state index contributed by atoms with van der Waals surface area (Å²) >= 11 is 0. The molecule has 1 saturated heterocycles. The van der Waals surface area contributed by atoms with Crippen molar-refractivity contribution in [2.75, 3.05) is 11.9 Å². The van der Waals surface area contributed by atoms with Crippen LogP contribution in [0, 0.1) is 5.92 Å². The van der Waals surface area contributed by atoms with Crippen molar-refractivity contribution in [2.45, 2.75) is 70.0 Å². The van der Waals surface area contributed by atoms with Gasteiger partial charge >= 0.3 is 0 Å². The van der Waals surface area contributed by atoms with Gasteiger partial charge in [0.25, 0.3) is 5.91 Å². The maximum absolute atomic E-state index is 15.4. The molecule has 4 rings (SSSR count). The molecule has 0 unspecified atom stereocenters. The van der Waals surface area contributed by atoms with Crippen LogP contribution in [0.1, 0.15) is 41.4 Å². The van der Waals surface area contributed by atoms with Crippen molar-refractivity contribution in [2.24, 2.45) is 5.92 Å². The third-order valence-corrected chi connectivity index (χ3v) is 9.74. The second kappa shape index (κ2) is 12.1. The number of aliphatic hydroxyl groups excluding tert-OH is 1. The summed E-state index contributed by atoms with van der Waals surface area (Å²) in [5.41, 5.74) is 3.21. The fourth-order valence-electron chi connectivity index (χ4n) is 5.44. The fourth-order valence-corrected chi connectivity index (χ4v) is 8.04. The lowest BCUT2D eigenvalue weighted by Crippen LogP contribution is -2.36.